The van der Waals surface area contributed by atoms with Crippen molar-refractivity contribution in [2.75, 3.05) is 0 Å². The highest BCUT2D eigenvalue weighted by molar-refractivity contribution is 14.1. The van der Waals surface area contributed by atoms with E-state index in [0.29, 0.717) is 32.5 Å². The van der Waals surface area contributed by atoms with Gasteiger partial charge in [0.2, 0.25) is 0 Å². The summed E-state index contributed by atoms with van der Waals surface area (Å²) >= 11 is 14.5. The van der Waals surface area contributed by atoms with Crippen molar-refractivity contribution < 1.29 is 0 Å². The Bertz CT molecular complexity index is 1260. The third-order valence-electron chi connectivity index (χ3n) is 4.24. The van der Waals surface area contributed by atoms with Crippen molar-refractivity contribution in [3.05, 3.63) is 102 Å². The Balaban J connectivity index is 1.97. The maximum absolute atomic E-state index is 13.3. The van der Waals surface area contributed by atoms with E-state index in [9.17, 15) is 4.79 Å². The smallest absolute Gasteiger partial charge is 0.266 e. The van der Waals surface area contributed by atoms with Gasteiger partial charge in [0.15, 0.2) is 0 Å². The summed E-state index contributed by atoms with van der Waals surface area (Å²) in [6.45, 7) is 0. The Morgan fingerprint density at radius 2 is 1.68 bits per heavy atom. The molecule has 1 heterocycles. The number of hydrogen-bond donors (Lipinski definition) is 0. The first-order valence-electron chi connectivity index (χ1n) is 8.44. The van der Waals surface area contributed by atoms with Gasteiger partial charge in [-0.1, -0.05) is 53.5 Å². The quantitative estimate of drug-likeness (QED) is 0.291. The lowest BCUT2D eigenvalue weighted by molar-refractivity contribution is 0.944. The van der Waals surface area contributed by atoms with Crippen molar-refractivity contribution in [2.24, 2.45) is 0 Å². The molecule has 1 aromatic heterocycles. The van der Waals surface area contributed by atoms with Crippen molar-refractivity contribution in [3.8, 4) is 5.69 Å². The maximum atomic E-state index is 13.3. The second kappa shape index (κ2) is 8.07. The molecule has 0 fully saturated rings. The van der Waals surface area contributed by atoms with Gasteiger partial charge in [-0.3, -0.25) is 9.36 Å². The molecular weight excluding hydrogens is 506 g/mol. The van der Waals surface area contributed by atoms with Gasteiger partial charge in [0.1, 0.15) is 5.82 Å². The van der Waals surface area contributed by atoms with Crippen LogP contribution in [0.5, 0.6) is 0 Å². The molecule has 138 valence electrons. The highest BCUT2D eigenvalue weighted by atomic mass is 127. The number of fused-ring (bicyclic) bond motifs is 1. The van der Waals surface area contributed by atoms with Crippen LogP contribution < -0.4 is 5.56 Å². The van der Waals surface area contributed by atoms with Gasteiger partial charge in [0.05, 0.1) is 21.6 Å². The first-order chi connectivity index (χ1) is 13.5. The number of nitrogens with zero attached hydrogens (tertiary/aromatic N) is 2. The SMILES string of the molecule is O=c1c2cc(I)ccc2nc(C=Cc2ccc(Cl)cc2)n1-c1ccccc1Cl. The summed E-state index contributed by atoms with van der Waals surface area (Å²) in [5, 5.41) is 1.71. The normalized spacial score (nSPS) is 11.4. The zero-order valence-corrected chi connectivity index (χ0v) is 18.1. The molecule has 0 amide bonds. The fourth-order valence-corrected chi connectivity index (χ4v) is 3.73. The molecule has 0 aliphatic rings. The van der Waals surface area contributed by atoms with E-state index in [0.717, 1.165) is 9.13 Å². The van der Waals surface area contributed by atoms with E-state index in [4.69, 9.17) is 28.2 Å². The Morgan fingerprint density at radius 3 is 2.43 bits per heavy atom. The van der Waals surface area contributed by atoms with Crippen LogP contribution in [-0.4, -0.2) is 9.55 Å². The van der Waals surface area contributed by atoms with Crippen LogP contribution >= 0.6 is 45.8 Å². The number of benzene rings is 3. The molecular formula is C22H13Cl2IN2O. The van der Waals surface area contributed by atoms with Crippen molar-refractivity contribution >= 4 is 68.8 Å². The largest absolute Gasteiger partial charge is 0.268 e. The summed E-state index contributed by atoms with van der Waals surface area (Å²) < 4.78 is 2.52. The standard InChI is InChI=1S/C22H13Cl2IN2O/c23-15-8-5-14(6-9-15)7-12-21-26-19-11-10-16(25)13-17(19)22(28)27(21)20-4-2-1-3-18(20)24/h1-13H. The first kappa shape index (κ1) is 19.2. The molecule has 0 atom stereocenters. The average Bonchev–Trinajstić information content (AvgIpc) is 2.69. The zero-order valence-electron chi connectivity index (χ0n) is 14.4. The minimum absolute atomic E-state index is 0.160. The van der Waals surface area contributed by atoms with Crippen LogP contribution in [0, 0.1) is 3.57 Å². The molecule has 0 saturated heterocycles. The van der Waals surface area contributed by atoms with Gasteiger partial charge in [-0.2, -0.15) is 0 Å². The topological polar surface area (TPSA) is 34.9 Å². The van der Waals surface area contributed by atoms with E-state index in [-0.39, 0.29) is 5.56 Å². The summed E-state index contributed by atoms with van der Waals surface area (Å²) in [5.74, 6) is 0.502. The monoisotopic (exact) mass is 518 g/mol. The summed E-state index contributed by atoms with van der Waals surface area (Å²) in [4.78, 5) is 18.0. The van der Waals surface area contributed by atoms with Gasteiger partial charge < -0.3 is 0 Å². The van der Waals surface area contributed by atoms with Crippen LogP contribution in [0.25, 0.3) is 28.7 Å². The van der Waals surface area contributed by atoms with Gasteiger partial charge in [-0.15, -0.1) is 0 Å². The Morgan fingerprint density at radius 1 is 0.929 bits per heavy atom. The number of halogens is 3. The lowest BCUT2D eigenvalue weighted by Crippen LogP contribution is -2.22. The van der Waals surface area contributed by atoms with Crippen LogP contribution in [-0.2, 0) is 0 Å². The molecule has 0 aliphatic carbocycles. The third kappa shape index (κ3) is 3.85. The number of hydrogen-bond acceptors (Lipinski definition) is 2. The van der Waals surface area contributed by atoms with Crippen LogP contribution in [0.15, 0.2) is 71.5 Å². The second-order valence-corrected chi connectivity index (χ2v) is 8.20. The van der Waals surface area contributed by atoms with E-state index in [1.807, 2.05) is 72.8 Å². The summed E-state index contributed by atoms with van der Waals surface area (Å²) in [6.07, 6.45) is 3.70. The van der Waals surface area contributed by atoms with Gasteiger partial charge in [-0.05, 0) is 76.7 Å². The van der Waals surface area contributed by atoms with Gasteiger partial charge in [-0.25, -0.2) is 4.98 Å². The first-order valence-corrected chi connectivity index (χ1v) is 10.3. The van der Waals surface area contributed by atoms with Crippen molar-refractivity contribution in [3.63, 3.8) is 0 Å². The molecule has 0 bridgehead atoms. The number of aromatic nitrogens is 2. The lowest BCUT2D eigenvalue weighted by atomic mass is 10.2. The van der Waals surface area contributed by atoms with Gasteiger partial charge in [0, 0.05) is 8.59 Å². The van der Waals surface area contributed by atoms with Crippen molar-refractivity contribution in [1.82, 2.24) is 9.55 Å². The Kier molecular flexibility index (Phi) is 5.53. The van der Waals surface area contributed by atoms with Gasteiger partial charge >= 0.3 is 0 Å². The molecule has 4 aromatic rings. The summed E-state index contributed by atoms with van der Waals surface area (Å²) in [6, 6.07) is 20.3. The summed E-state index contributed by atoms with van der Waals surface area (Å²) in [7, 11) is 0. The molecule has 4 rings (SSSR count). The van der Waals surface area contributed by atoms with E-state index in [1.165, 1.54) is 0 Å². The number of para-hydroxylation sites is 1. The number of rotatable bonds is 3. The van der Waals surface area contributed by atoms with Crippen LogP contribution in [0.2, 0.25) is 10.0 Å². The van der Waals surface area contributed by atoms with Crippen LogP contribution in [0.1, 0.15) is 11.4 Å². The van der Waals surface area contributed by atoms with Gasteiger partial charge in [0.25, 0.3) is 5.56 Å². The molecule has 0 aliphatic heterocycles. The third-order valence-corrected chi connectivity index (χ3v) is 5.49. The maximum Gasteiger partial charge on any atom is 0.266 e. The average molecular weight is 519 g/mol. The van der Waals surface area contributed by atoms with Crippen LogP contribution in [0.3, 0.4) is 0 Å². The lowest BCUT2D eigenvalue weighted by Gasteiger charge is -2.13. The molecule has 3 nitrogen and oxygen atoms in total. The van der Waals surface area contributed by atoms with Crippen molar-refractivity contribution in [2.45, 2.75) is 0 Å². The molecule has 28 heavy (non-hydrogen) atoms. The zero-order chi connectivity index (χ0) is 19.7. The molecule has 0 radical (unpaired) electrons. The predicted octanol–water partition coefficient (Wildman–Crippen LogP) is 6.47. The van der Waals surface area contributed by atoms with E-state index in [2.05, 4.69) is 22.6 Å². The molecule has 0 saturated carbocycles. The van der Waals surface area contributed by atoms with Crippen molar-refractivity contribution in [1.29, 1.82) is 0 Å². The summed E-state index contributed by atoms with van der Waals surface area (Å²) in [5.41, 5.74) is 2.03. The van der Waals surface area contributed by atoms with E-state index in [1.54, 1.807) is 10.6 Å². The predicted molar refractivity (Wildman–Crippen MR) is 125 cm³/mol. The molecule has 0 N–H and O–H groups in total. The molecule has 6 heteroatoms. The fraction of sp³-hybridized carbons (Fsp3) is 0. The molecule has 0 spiro atoms. The molecule has 3 aromatic carbocycles. The Labute approximate surface area is 185 Å². The highest BCUT2D eigenvalue weighted by Crippen LogP contribution is 2.23. The Hall–Kier alpha value is -2.15. The molecule has 0 unspecified atom stereocenters. The minimum atomic E-state index is -0.160. The van der Waals surface area contributed by atoms with E-state index < -0.39 is 0 Å². The highest BCUT2D eigenvalue weighted by Gasteiger charge is 2.13. The van der Waals surface area contributed by atoms with E-state index >= 15 is 0 Å². The second-order valence-electron chi connectivity index (χ2n) is 6.11. The fourth-order valence-electron chi connectivity index (χ4n) is 2.90. The minimum Gasteiger partial charge on any atom is -0.268 e. The van der Waals surface area contributed by atoms with Crippen LogP contribution in [0.4, 0.5) is 0 Å².